The minimum atomic E-state index is -3.41. The molecular formula is C17H18F2N2O4S. The maximum Gasteiger partial charge on any atom is 0.387 e. The van der Waals surface area contributed by atoms with Gasteiger partial charge >= 0.3 is 6.61 Å². The van der Waals surface area contributed by atoms with Gasteiger partial charge in [0, 0.05) is 11.3 Å². The highest BCUT2D eigenvalue weighted by Gasteiger charge is 2.14. The first kappa shape index (κ1) is 19.6. The molecule has 0 aliphatic heterocycles. The Kier molecular flexibility index (Phi) is 6.14. The third kappa shape index (κ3) is 5.99. The number of alkyl halides is 2. The Morgan fingerprint density at radius 1 is 1.12 bits per heavy atom. The van der Waals surface area contributed by atoms with Crippen LogP contribution in [0.2, 0.25) is 0 Å². The molecule has 0 fully saturated rings. The molecule has 2 rings (SSSR count). The predicted octanol–water partition coefficient (Wildman–Crippen LogP) is 3.15. The Morgan fingerprint density at radius 2 is 1.81 bits per heavy atom. The van der Waals surface area contributed by atoms with Crippen molar-refractivity contribution in [1.82, 2.24) is 5.32 Å². The summed E-state index contributed by atoms with van der Waals surface area (Å²) in [4.78, 5) is 12.3. The number of sulfonamides is 1. The normalized spacial score (nSPS) is 12.5. The summed E-state index contributed by atoms with van der Waals surface area (Å²) in [5, 5.41) is 2.72. The quantitative estimate of drug-likeness (QED) is 0.768. The number of carbonyl (C=O) groups is 1. The Balaban J connectivity index is 2.11. The van der Waals surface area contributed by atoms with E-state index in [0.29, 0.717) is 11.3 Å². The lowest BCUT2D eigenvalue weighted by Gasteiger charge is -2.16. The first-order valence-electron chi connectivity index (χ1n) is 7.57. The summed E-state index contributed by atoms with van der Waals surface area (Å²) in [7, 11) is -3.41. The molecule has 0 aliphatic carbocycles. The van der Waals surface area contributed by atoms with E-state index < -0.39 is 28.6 Å². The third-order valence-corrected chi connectivity index (χ3v) is 3.97. The van der Waals surface area contributed by atoms with E-state index in [1.807, 2.05) is 0 Å². The Hall–Kier alpha value is -2.68. The second-order valence-electron chi connectivity index (χ2n) is 5.60. The smallest absolute Gasteiger partial charge is 0.387 e. The highest BCUT2D eigenvalue weighted by Crippen LogP contribution is 2.20. The van der Waals surface area contributed by atoms with Crippen molar-refractivity contribution in [3.8, 4) is 5.75 Å². The van der Waals surface area contributed by atoms with Gasteiger partial charge in [0.05, 0.1) is 12.3 Å². The van der Waals surface area contributed by atoms with Crippen molar-refractivity contribution in [2.24, 2.45) is 0 Å². The van der Waals surface area contributed by atoms with Crippen LogP contribution >= 0.6 is 0 Å². The maximum atomic E-state index is 12.3. The van der Waals surface area contributed by atoms with Gasteiger partial charge in [-0.05, 0) is 42.8 Å². The minimum Gasteiger partial charge on any atom is -0.435 e. The van der Waals surface area contributed by atoms with E-state index >= 15 is 0 Å². The van der Waals surface area contributed by atoms with Crippen LogP contribution < -0.4 is 14.8 Å². The molecule has 0 aromatic heterocycles. The molecule has 0 saturated carbocycles. The van der Waals surface area contributed by atoms with Gasteiger partial charge < -0.3 is 10.1 Å². The van der Waals surface area contributed by atoms with Crippen LogP contribution in [0, 0.1) is 0 Å². The average Bonchev–Trinajstić information content (AvgIpc) is 2.53. The predicted molar refractivity (Wildman–Crippen MR) is 93.9 cm³/mol. The zero-order chi connectivity index (χ0) is 19.3. The molecular weight excluding hydrogens is 366 g/mol. The Bertz CT molecular complexity index is 888. The molecule has 2 aromatic rings. The molecule has 140 valence electrons. The van der Waals surface area contributed by atoms with Crippen LogP contribution in [-0.4, -0.2) is 27.2 Å². The van der Waals surface area contributed by atoms with Crippen LogP contribution in [0.15, 0.2) is 48.5 Å². The number of hydrogen-bond donors (Lipinski definition) is 2. The fourth-order valence-corrected chi connectivity index (χ4v) is 2.82. The molecule has 26 heavy (non-hydrogen) atoms. The number of carbonyl (C=O) groups excluding carboxylic acids is 1. The van der Waals surface area contributed by atoms with Crippen molar-refractivity contribution in [3.63, 3.8) is 0 Å². The summed E-state index contributed by atoms with van der Waals surface area (Å²) in [5.41, 5.74) is 1.21. The lowest BCUT2D eigenvalue weighted by Crippen LogP contribution is -2.26. The highest BCUT2D eigenvalue weighted by atomic mass is 32.2. The van der Waals surface area contributed by atoms with E-state index in [1.54, 1.807) is 31.2 Å². The molecule has 1 unspecified atom stereocenters. The number of ether oxygens (including phenoxy) is 1. The average molecular weight is 384 g/mol. The SMILES string of the molecule is CC(NC(=O)c1cccc(OC(F)F)c1)c1cccc(NS(C)(=O)=O)c1. The second-order valence-corrected chi connectivity index (χ2v) is 7.35. The van der Waals surface area contributed by atoms with E-state index in [0.717, 1.165) is 6.26 Å². The molecule has 0 aliphatic rings. The molecule has 6 nitrogen and oxygen atoms in total. The number of benzene rings is 2. The molecule has 0 heterocycles. The molecule has 1 atom stereocenters. The lowest BCUT2D eigenvalue weighted by molar-refractivity contribution is -0.0498. The van der Waals surface area contributed by atoms with E-state index in [1.165, 1.54) is 24.3 Å². The molecule has 0 spiro atoms. The number of nitrogens with one attached hydrogen (secondary N) is 2. The zero-order valence-corrected chi connectivity index (χ0v) is 14.9. The number of halogens is 2. The highest BCUT2D eigenvalue weighted by molar-refractivity contribution is 7.92. The van der Waals surface area contributed by atoms with Crippen LogP contribution in [-0.2, 0) is 10.0 Å². The van der Waals surface area contributed by atoms with E-state index in [9.17, 15) is 22.0 Å². The zero-order valence-electron chi connectivity index (χ0n) is 14.1. The summed E-state index contributed by atoms with van der Waals surface area (Å²) in [6.07, 6.45) is 1.04. The van der Waals surface area contributed by atoms with Crippen molar-refractivity contribution in [1.29, 1.82) is 0 Å². The van der Waals surface area contributed by atoms with Crippen molar-refractivity contribution in [2.45, 2.75) is 19.6 Å². The standard InChI is InChI=1S/C17H18F2N2O4S/c1-11(12-5-3-7-14(9-12)21-26(2,23)24)20-16(22)13-6-4-8-15(10-13)25-17(18)19/h3-11,17,21H,1-2H3,(H,20,22). The van der Waals surface area contributed by atoms with Gasteiger partial charge in [0.1, 0.15) is 5.75 Å². The van der Waals surface area contributed by atoms with Gasteiger partial charge in [-0.25, -0.2) is 8.42 Å². The largest absolute Gasteiger partial charge is 0.435 e. The first-order valence-corrected chi connectivity index (χ1v) is 9.46. The summed E-state index contributed by atoms with van der Waals surface area (Å²) in [6, 6.07) is 11.6. The number of anilines is 1. The van der Waals surface area contributed by atoms with Crippen molar-refractivity contribution < 1.29 is 26.7 Å². The van der Waals surface area contributed by atoms with Crippen LogP contribution in [0.4, 0.5) is 14.5 Å². The van der Waals surface area contributed by atoms with Crippen LogP contribution in [0.5, 0.6) is 5.75 Å². The van der Waals surface area contributed by atoms with Crippen LogP contribution in [0.1, 0.15) is 28.9 Å². The topological polar surface area (TPSA) is 84.5 Å². The summed E-state index contributed by atoms with van der Waals surface area (Å²) >= 11 is 0. The molecule has 9 heteroatoms. The molecule has 0 radical (unpaired) electrons. The van der Waals surface area contributed by atoms with Gasteiger partial charge in [-0.15, -0.1) is 0 Å². The van der Waals surface area contributed by atoms with Gasteiger partial charge in [0.25, 0.3) is 5.91 Å². The monoisotopic (exact) mass is 384 g/mol. The van der Waals surface area contributed by atoms with Crippen LogP contribution in [0.25, 0.3) is 0 Å². The van der Waals surface area contributed by atoms with Gasteiger partial charge in [-0.3, -0.25) is 9.52 Å². The number of amides is 1. The lowest BCUT2D eigenvalue weighted by atomic mass is 10.1. The fourth-order valence-electron chi connectivity index (χ4n) is 2.26. The van der Waals surface area contributed by atoms with Crippen molar-refractivity contribution in [2.75, 3.05) is 11.0 Å². The summed E-state index contributed by atoms with van der Waals surface area (Å²) in [5.74, 6) is -0.585. The number of rotatable bonds is 7. The van der Waals surface area contributed by atoms with E-state index in [2.05, 4.69) is 14.8 Å². The minimum absolute atomic E-state index is 0.111. The molecule has 0 saturated heterocycles. The van der Waals surface area contributed by atoms with Crippen molar-refractivity contribution in [3.05, 3.63) is 59.7 Å². The van der Waals surface area contributed by atoms with Gasteiger partial charge in [0.15, 0.2) is 0 Å². The van der Waals surface area contributed by atoms with Gasteiger partial charge in [-0.2, -0.15) is 8.78 Å². The summed E-state index contributed by atoms with van der Waals surface area (Å²) in [6.45, 7) is -1.26. The molecule has 2 N–H and O–H groups in total. The molecule has 1 amide bonds. The molecule has 0 bridgehead atoms. The van der Waals surface area contributed by atoms with Gasteiger partial charge in [-0.1, -0.05) is 18.2 Å². The third-order valence-electron chi connectivity index (χ3n) is 3.36. The first-order chi connectivity index (χ1) is 12.1. The molecule has 2 aromatic carbocycles. The fraction of sp³-hybridized carbons (Fsp3) is 0.235. The van der Waals surface area contributed by atoms with Crippen LogP contribution in [0.3, 0.4) is 0 Å². The van der Waals surface area contributed by atoms with Crippen molar-refractivity contribution >= 4 is 21.6 Å². The summed E-state index contributed by atoms with van der Waals surface area (Å²) < 4.78 is 53.8. The Morgan fingerprint density at radius 3 is 2.46 bits per heavy atom. The van der Waals surface area contributed by atoms with E-state index in [4.69, 9.17) is 0 Å². The van der Waals surface area contributed by atoms with E-state index in [-0.39, 0.29) is 11.3 Å². The van der Waals surface area contributed by atoms with Gasteiger partial charge in [0.2, 0.25) is 10.0 Å². The second kappa shape index (κ2) is 8.13. The number of hydrogen-bond acceptors (Lipinski definition) is 4. The Labute approximate surface area is 150 Å². The maximum absolute atomic E-state index is 12.3.